The molecule has 0 amide bonds. The number of halogens is 6. The Bertz CT molecular complexity index is 1340. The molecule has 0 aromatic heterocycles. The van der Waals surface area contributed by atoms with Crippen LogP contribution in [0.25, 0.3) is 0 Å². The summed E-state index contributed by atoms with van der Waals surface area (Å²) >= 11 is 0. The largest absolute Gasteiger partial charge is 0.490 e. The molecule has 0 aliphatic rings. The Morgan fingerprint density at radius 3 is 1.22 bits per heavy atom. The first-order valence-corrected chi connectivity index (χ1v) is 12.1. The molecule has 3 rings (SSSR count). The van der Waals surface area contributed by atoms with Crippen molar-refractivity contribution in [3.8, 4) is 11.5 Å². The number of nitrogens with two attached hydrogens (primary N) is 2. The van der Waals surface area contributed by atoms with Gasteiger partial charge in [-0.15, -0.1) is 0 Å². The third kappa shape index (κ3) is 15.9. The van der Waals surface area contributed by atoms with Gasteiger partial charge in [0.1, 0.15) is 24.7 Å². The number of carboxylic acid groups (broad SMARTS) is 2. The van der Waals surface area contributed by atoms with Crippen molar-refractivity contribution < 1.29 is 55.6 Å². The van der Waals surface area contributed by atoms with Gasteiger partial charge in [0.2, 0.25) is 0 Å². The maximum Gasteiger partial charge on any atom is 0.490 e. The minimum Gasteiger partial charge on any atom is -0.489 e. The minimum absolute atomic E-state index is 0.105. The van der Waals surface area contributed by atoms with Crippen molar-refractivity contribution in [1.82, 2.24) is 0 Å². The van der Waals surface area contributed by atoms with Crippen molar-refractivity contribution in [2.45, 2.75) is 32.5 Å². The Morgan fingerprint density at radius 2 is 0.978 bits per heavy atom. The predicted octanol–water partition coefficient (Wildman–Crippen LogP) is 5.03. The molecule has 0 saturated carbocycles. The number of aryl methyl sites for hydroxylation is 1. The molecule has 0 radical (unpaired) electrons. The molecule has 0 bridgehead atoms. The number of hydrogen-bond donors (Lipinski definition) is 8. The molecule has 0 aliphatic carbocycles. The fraction of sp³-hybridized carbons (Fsp3) is 0.185. The quantitative estimate of drug-likeness (QED) is 0.0927. The average Bonchev–Trinajstić information content (AvgIpc) is 2.91. The van der Waals surface area contributed by atoms with Gasteiger partial charge in [-0.25, -0.2) is 9.59 Å². The third-order valence-electron chi connectivity index (χ3n) is 4.76. The minimum atomic E-state index is -5.08. The van der Waals surface area contributed by atoms with Crippen LogP contribution in [-0.2, 0) is 22.8 Å². The molecule has 244 valence electrons. The van der Waals surface area contributed by atoms with Crippen LogP contribution in [0.15, 0.2) is 66.7 Å². The predicted molar refractivity (Wildman–Crippen MR) is 151 cm³/mol. The number of benzene rings is 3. The second-order valence-electron chi connectivity index (χ2n) is 8.64. The number of aliphatic carboxylic acids is 2. The van der Waals surface area contributed by atoms with E-state index in [0.717, 1.165) is 39.6 Å². The summed E-state index contributed by atoms with van der Waals surface area (Å²) in [6, 6.07) is 20.8. The van der Waals surface area contributed by atoms with Gasteiger partial charge >= 0.3 is 24.3 Å². The van der Waals surface area contributed by atoms with Crippen molar-refractivity contribution in [3.63, 3.8) is 0 Å². The van der Waals surface area contributed by atoms with Crippen LogP contribution in [0.5, 0.6) is 11.5 Å². The molecular weight excluding hydrogens is 618 g/mol. The highest BCUT2D eigenvalue weighted by atomic mass is 19.4. The summed E-state index contributed by atoms with van der Waals surface area (Å²) in [5.74, 6) is -4.26. The number of hydrogen-bond acceptors (Lipinski definition) is 6. The van der Waals surface area contributed by atoms with Gasteiger partial charge in [-0.3, -0.25) is 10.8 Å². The van der Waals surface area contributed by atoms with Gasteiger partial charge in [-0.1, -0.05) is 17.7 Å². The summed E-state index contributed by atoms with van der Waals surface area (Å²) in [5, 5.41) is 34.2. The van der Waals surface area contributed by atoms with E-state index in [9.17, 15) is 26.3 Å². The third-order valence-corrected chi connectivity index (χ3v) is 4.76. The molecule has 0 fully saturated rings. The molecular formula is C27H28F6N6O6. The second-order valence-corrected chi connectivity index (χ2v) is 8.64. The van der Waals surface area contributed by atoms with E-state index in [2.05, 4.69) is 28.8 Å². The van der Waals surface area contributed by atoms with Gasteiger partial charge in [0, 0.05) is 11.4 Å². The van der Waals surface area contributed by atoms with Crippen LogP contribution < -0.4 is 31.6 Å². The molecule has 10 N–H and O–H groups in total. The van der Waals surface area contributed by atoms with E-state index in [4.69, 9.17) is 51.6 Å². The summed E-state index contributed by atoms with van der Waals surface area (Å²) in [4.78, 5) is 17.8. The Kier molecular flexibility index (Phi) is 14.0. The van der Waals surface area contributed by atoms with E-state index in [-0.39, 0.29) is 11.9 Å². The standard InChI is InChI=1S/C23H26N6O2.2C2HF3O2/c1-15-10-16(13-30-20-6-2-18(3-7-20)28-22(24)25)12-17(11-15)14-31-21-8-4-19(5-9-21)29-23(26)27;2*3-2(4,5)1(6)7/h2-12H,13-14H2,1H3,(H4,24,25,28)(H4,26,27,29);2*(H,6,7). The fourth-order valence-electron chi connectivity index (χ4n) is 3.03. The van der Waals surface area contributed by atoms with Crippen LogP contribution >= 0.6 is 0 Å². The van der Waals surface area contributed by atoms with E-state index >= 15 is 0 Å². The zero-order valence-corrected chi connectivity index (χ0v) is 23.2. The molecule has 0 atom stereocenters. The highest BCUT2D eigenvalue weighted by molar-refractivity contribution is 5.90. The van der Waals surface area contributed by atoms with Gasteiger partial charge in [-0.2, -0.15) is 26.3 Å². The number of carbonyl (C=O) groups is 2. The fourth-order valence-corrected chi connectivity index (χ4v) is 3.03. The van der Waals surface area contributed by atoms with Crippen LogP contribution in [0.2, 0.25) is 0 Å². The summed E-state index contributed by atoms with van der Waals surface area (Å²) in [6.45, 7) is 2.90. The normalized spacial score (nSPS) is 10.6. The number of ether oxygens (including phenoxy) is 2. The molecule has 0 saturated heterocycles. The summed E-state index contributed by atoms with van der Waals surface area (Å²) in [5.41, 5.74) is 15.3. The highest BCUT2D eigenvalue weighted by Crippen LogP contribution is 2.20. The lowest BCUT2D eigenvalue weighted by Crippen LogP contribution is -2.21. The van der Waals surface area contributed by atoms with Crippen LogP contribution in [0.4, 0.5) is 37.7 Å². The number of alkyl halides is 6. The first-order valence-electron chi connectivity index (χ1n) is 12.1. The van der Waals surface area contributed by atoms with Gasteiger partial charge < -0.3 is 41.8 Å². The number of guanidine groups is 2. The van der Waals surface area contributed by atoms with Crippen LogP contribution in [-0.4, -0.2) is 46.4 Å². The first-order chi connectivity index (χ1) is 20.8. The van der Waals surface area contributed by atoms with Crippen LogP contribution in [0.1, 0.15) is 16.7 Å². The summed E-state index contributed by atoms with van der Waals surface area (Å²) in [6.07, 6.45) is -10.2. The Balaban J connectivity index is 0.000000601. The monoisotopic (exact) mass is 646 g/mol. The van der Waals surface area contributed by atoms with E-state index in [1.807, 2.05) is 55.5 Å². The Labute approximate surface area is 251 Å². The molecule has 0 spiro atoms. The van der Waals surface area contributed by atoms with Crippen molar-refractivity contribution in [2.75, 3.05) is 10.6 Å². The van der Waals surface area contributed by atoms with Crippen molar-refractivity contribution in [1.29, 1.82) is 10.8 Å². The summed E-state index contributed by atoms with van der Waals surface area (Å²) < 4.78 is 75.2. The first kappa shape index (κ1) is 37.3. The number of anilines is 2. The number of rotatable bonds is 8. The van der Waals surface area contributed by atoms with Gasteiger partial charge in [0.15, 0.2) is 11.9 Å². The summed E-state index contributed by atoms with van der Waals surface area (Å²) in [7, 11) is 0. The van der Waals surface area contributed by atoms with Gasteiger partial charge in [-0.05, 0) is 72.6 Å². The molecule has 12 nitrogen and oxygen atoms in total. The molecule has 18 heteroatoms. The highest BCUT2D eigenvalue weighted by Gasteiger charge is 2.38. The molecule has 3 aromatic rings. The van der Waals surface area contributed by atoms with Crippen molar-refractivity contribution in [2.24, 2.45) is 11.5 Å². The number of nitrogens with one attached hydrogen (secondary N) is 4. The van der Waals surface area contributed by atoms with Crippen LogP contribution in [0.3, 0.4) is 0 Å². The smallest absolute Gasteiger partial charge is 0.489 e. The lowest BCUT2D eigenvalue weighted by atomic mass is 10.1. The maximum atomic E-state index is 10.6. The van der Waals surface area contributed by atoms with Crippen LogP contribution in [0, 0.1) is 17.7 Å². The lowest BCUT2D eigenvalue weighted by Gasteiger charge is -2.12. The van der Waals surface area contributed by atoms with E-state index in [1.54, 1.807) is 0 Å². The SMILES string of the molecule is Cc1cc(COc2ccc(NC(=N)N)cc2)cc(COc2ccc(NC(=N)N)cc2)c1.O=C(O)C(F)(F)F.O=C(O)C(F)(F)F. The van der Waals surface area contributed by atoms with Crippen molar-refractivity contribution >= 4 is 35.2 Å². The topological polar surface area (TPSA) is 217 Å². The Morgan fingerprint density at radius 1 is 0.689 bits per heavy atom. The second kappa shape index (κ2) is 16.8. The van der Waals surface area contributed by atoms with E-state index in [1.165, 1.54) is 0 Å². The van der Waals surface area contributed by atoms with Gasteiger partial charge in [0.05, 0.1) is 0 Å². The van der Waals surface area contributed by atoms with Crippen molar-refractivity contribution in [3.05, 3.63) is 83.4 Å². The zero-order chi connectivity index (χ0) is 34.4. The maximum absolute atomic E-state index is 10.6. The molecule has 3 aromatic carbocycles. The number of carboxylic acids is 2. The van der Waals surface area contributed by atoms with Gasteiger partial charge in [0.25, 0.3) is 0 Å². The molecule has 0 heterocycles. The zero-order valence-electron chi connectivity index (χ0n) is 23.2. The van der Waals surface area contributed by atoms with E-state index in [0.29, 0.717) is 13.2 Å². The Hall–Kier alpha value is -5.68. The molecule has 0 aliphatic heterocycles. The molecule has 0 unspecified atom stereocenters. The van der Waals surface area contributed by atoms with E-state index < -0.39 is 24.3 Å². The lowest BCUT2D eigenvalue weighted by molar-refractivity contribution is -0.193. The molecule has 45 heavy (non-hydrogen) atoms. The average molecular weight is 647 g/mol.